The number of benzene rings is 1. The van der Waals surface area contributed by atoms with E-state index in [0.29, 0.717) is 11.6 Å². The molecule has 2 unspecified atom stereocenters. The first-order valence-corrected chi connectivity index (χ1v) is 9.95. The standard InChI is InChI=1S/C15H18N2O3S2/c1-3-14(18)16-15-17(11-7-5-4-6-10(11)2)12-8-22(19,20)9-13(12)21-15/h4-7,12-13H,3,8-9H2,1-2H3. The van der Waals surface area contributed by atoms with Crippen LogP contribution < -0.4 is 4.90 Å². The molecule has 2 aliphatic rings. The van der Waals surface area contributed by atoms with Gasteiger partial charge in [-0.05, 0) is 18.6 Å². The number of aliphatic imine (C=N–C) groups is 1. The van der Waals surface area contributed by atoms with Crippen LogP contribution in [0.5, 0.6) is 0 Å². The Morgan fingerprint density at radius 2 is 2.09 bits per heavy atom. The van der Waals surface area contributed by atoms with Gasteiger partial charge in [0.25, 0.3) is 0 Å². The molecular formula is C15H18N2O3S2. The molecule has 1 amide bonds. The highest BCUT2D eigenvalue weighted by Gasteiger charge is 2.49. The summed E-state index contributed by atoms with van der Waals surface area (Å²) in [5.74, 6) is 0.103. The fourth-order valence-corrected chi connectivity index (χ4v) is 6.79. The molecule has 22 heavy (non-hydrogen) atoms. The van der Waals surface area contributed by atoms with E-state index in [1.807, 2.05) is 36.1 Å². The molecule has 3 rings (SSSR count). The van der Waals surface area contributed by atoms with Gasteiger partial charge in [-0.2, -0.15) is 4.99 Å². The maximum Gasteiger partial charge on any atom is 0.247 e. The molecule has 7 heteroatoms. The lowest BCUT2D eigenvalue weighted by Gasteiger charge is -2.26. The molecule has 0 saturated carbocycles. The third-order valence-electron chi connectivity index (χ3n) is 3.96. The molecule has 2 fully saturated rings. The van der Waals surface area contributed by atoms with E-state index in [1.54, 1.807) is 6.92 Å². The van der Waals surface area contributed by atoms with E-state index in [1.165, 1.54) is 11.8 Å². The van der Waals surface area contributed by atoms with Gasteiger partial charge in [-0.15, -0.1) is 0 Å². The molecule has 1 aromatic rings. The van der Waals surface area contributed by atoms with Crippen molar-refractivity contribution >= 4 is 38.4 Å². The van der Waals surface area contributed by atoms with Crippen molar-refractivity contribution in [1.82, 2.24) is 0 Å². The largest absolute Gasteiger partial charge is 0.315 e. The minimum Gasteiger partial charge on any atom is -0.315 e. The second-order valence-corrected chi connectivity index (χ2v) is 8.96. The molecule has 5 nitrogen and oxygen atoms in total. The average molecular weight is 338 g/mol. The molecule has 0 N–H and O–H groups in total. The van der Waals surface area contributed by atoms with E-state index in [0.717, 1.165) is 11.3 Å². The van der Waals surface area contributed by atoms with Crippen LogP contribution in [0.3, 0.4) is 0 Å². The fourth-order valence-electron chi connectivity index (χ4n) is 2.87. The number of rotatable bonds is 2. The summed E-state index contributed by atoms with van der Waals surface area (Å²) >= 11 is 1.41. The van der Waals surface area contributed by atoms with E-state index in [-0.39, 0.29) is 28.7 Å². The van der Waals surface area contributed by atoms with Gasteiger partial charge in [0.05, 0.1) is 17.5 Å². The number of fused-ring (bicyclic) bond motifs is 1. The Morgan fingerprint density at radius 1 is 1.36 bits per heavy atom. The Morgan fingerprint density at radius 3 is 2.77 bits per heavy atom. The van der Waals surface area contributed by atoms with Crippen molar-refractivity contribution in [2.24, 2.45) is 4.99 Å². The highest BCUT2D eigenvalue weighted by molar-refractivity contribution is 8.16. The minimum absolute atomic E-state index is 0.0481. The van der Waals surface area contributed by atoms with Gasteiger partial charge >= 0.3 is 0 Å². The summed E-state index contributed by atoms with van der Waals surface area (Å²) in [6, 6.07) is 7.66. The molecule has 0 aromatic heterocycles. The number of aryl methyl sites for hydroxylation is 1. The number of amides is 1. The van der Waals surface area contributed by atoms with Gasteiger partial charge in [0.2, 0.25) is 5.91 Å². The molecule has 0 radical (unpaired) electrons. The summed E-state index contributed by atoms with van der Waals surface area (Å²) in [6.07, 6.45) is 0.347. The van der Waals surface area contributed by atoms with Crippen LogP contribution in [-0.2, 0) is 14.6 Å². The van der Waals surface area contributed by atoms with Crippen molar-refractivity contribution in [2.45, 2.75) is 31.6 Å². The summed E-state index contributed by atoms with van der Waals surface area (Å²) in [5.41, 5.74) is 1.98. The van der Waals surface area contributed by atoms with Gasteiger partial charge < -0.3 is 4.90 Å². The summed E-state index contributed by atoms with van der Waals surface area (Å²) in [5, 5.41) is 0.582. The first kappa shape index (κ1) is 15.6. The lowest BCUT2D eigenvalue weighted by atomic mass is 10.1. The average Bonchev–Trinajstić information content (AvgIpc) is 2.91. The maximum absolute atomic E-state index is 11.9. The number of amidine groups is 1. The van der Waals surface area contributed by atoms with Crippen LogP contribution in [0.25, 0.3) is 0 Å². The first-order valence-electron chi connectivity index (χ1n) is 7.25. The van der Waals surface area contributed by atoms with E-state index in [9.17, 15) is 13.2 Å². The Balaban J connectivity index is 2.05. The van der Waals surface area contributed by atoms with Crippen molar-refractivity contribution in [3.63, 3.8) is 0 Å². The highest BCUT2D eigenvalue weighted by atomic mass is 32.2. The summed E-state index contributed by atoms with van der Waals surface area (Å²) in [4.78, 5) is 17.9. The van der Waals surface area contributed by atoms with Crippen LogP contribution in [0.4, 0.5) is 5.69 Å². The van der Waals surface area contributed by atoms with Crippen molar-refractivity contribution in [2.75, 3.05) is 16.4 Å². The van der Waals surface area contributed by atoms with Gasteiger partial charge in [0.1, 0.15) is 0 Å². The number of sulfone groups is 1. The van der Waals surface area contributed by atoms with E-state index in [2.05, 4.69) is 4.99 Å². The number of para-hydroxylation sites is 1. The number of carbonyl (C=O) groups is 1. The molecule has 118 valence electrons. The molecule has 1 aromatic carbocycles. The van der Waals surface area contributed by atoms with Crippen LogP contribution in [0.1, 0.15) is 18.9 Å². The molecule has 0 spiro atoms. The Hall–Kier alpha value is -1.34. The van der Waals surface area contributed by atoms with Crippen molar-refractivity contribution < 1.29 is 13.2 Å². The van der Waals surface area contributed by atoms with Crippen molar-refractivity contribution in [3.8, 4) is 0 Å². The number of hydrogen-bond donors (Lipinski definition) is 0. The number of thioether (sulfide) groups is 1. The number of anilines is 1. The molecule has 2 saturated heterocycles. The van der Waals surface area contributed by atoms with E-state index >= 15 is 0 Å². The maximum atomic E-state index is 11.9. The molecule has 2 aliphatic heterocycles. The molecule has 2 atom stereocenters. The van der Waals surface area contributed by atoms with Crippen LogP contribution in [0.2, 0.25) is 0 Å². The second-order valence-electron chi connectivity index (χ2n) is 5.60. The zero-order valence-electron chi connectivity index (χ0n) is 12.5. The summed E-state index contributed by atoms with van der Waals surface area (Å²) in [7, 11) is -3.02. The molecule has 0 bridgehead atoms. The van der Waals surface area contributed by atoms with E-state index in [4.69, 9.17) is 0 Å². The lowest BCUT2D eigenvalue weighted by molar-refractivity contribution is -0.117. The van der Waals surface area contributed by atoms with Gasteiger partial charge in [-0.3, -0.25) is 4.79 Å². The highest BCUT2D eigenvalue weighted by Crippen LogP contribution is 2.41. The molecular weight excluding hydrogens is 320 g/mol. The fraction of sp³-hybridized carbons (Fsp3) is 0.467. The minimum atomic E-state index is -3.02. The topological polar surface area (TPSA) is 66.8 Å². The van der Waals surface area contributed by atoms with E-state index < -0.39 is 9.84 Å². The molecule has 0 aliphatic carbocycles. The lowest BCUT2D eigenvalue weighted by Crippen LogP contribution is -2.38. The Bertz CT molecular complexity index is 743. The smallest absolute Gasteiger partial charge is 0.247 e. The van der Waals surface area contributed by atoms with Gasteiger partial charge in [0, 0.05) is 17.4 Å². The third kappa shape index (κ3) is 2.79. The SMILES string of the molecule is CCC(=O)N=C1SC2CS(=O)(=O)CC2N1c1ccccc1C. The van der Waals surface area contributed by atoms with Gasteiger partial charge in [-0.25, -0.2) is 8.42 Å². The Labute approximate surface area is 134 Å². The molecule has 2 heterocycles. The second kappa shape index (κ2) is 5.70. The van der Waals surface area contributed by atoms with Crippen molar-refractivity contribution in [1.29, 1.82) is 0 Å². The Kier molecular flexibility index (Phi) is 4.03. The summed E-state index contributed by atoms with van der Waals surface area (Å²) < 4.78 is 23.9. The van der Waals surface area contributed by atoms with Crippen LogP contribution in [0, 0.1) is 6.92 Å². The number of hydrogen-bond acceptors (Lipinski definition) is 4. The van der Waals surface area contributed by atoms with Gasteiger partial charge in [0.15, 0.2) is 15.0 Å². The van der Waals surface area contributed by atoms with Crippen molar-refractivity contribution in [3.05, 3.63) is 29.8 Å². The normalized spacial score (nSPS) is 28.1. The van der Waals surface area contributed by atoms with Crippen LogP contribution in [0.15, 0.2) is 29.3 Å². The predicted molar refractivity (Wildman–Crippen MR) is 90.2 cm³/mol. The zero-order valence-corrected chi connectivity index (χ0v) is 14.2. The number of nitrogens with zero attached hydrogens (tertiary/aromatic N) is 2. The summed E-state index contributed by atoms with van der Waals surface area (Å²) in [6.45, 7) is 3.76. The zero-order chi connectivity index (χ0) is 15.9. The number of carbonyl (C=O) groups excluding carboxylic acids is 1. The predicted octanol–water partition coefficient (Wildman–Crippen LogP) is 2.01. The monoisotopic (exact) mass is 338 g/mol. The third-order valence-corrected chi connectivity index (χ3v) is 7.17. The quantitative estimate of drug-likeness (QED) is 0.825. The van der Waals surface area contributed by atoms with Gasteiger partial charge in [-0.1, -0.05) is 36.9 Å². The van der Waals surface area contributed by atoms with Crippen LogP contribution in [-0.4, -0.2) is 42.3 Å². The first-order chi connectivity index (χ1) is 10.4. The van der Waals surface area contributed by atoms with Crippen LogP contribution >= 0.6 is 11.8 Å².